The Labute approximate surface area is 207 Å². The maximum absolute atomic E-state index is 15.9. The molecule has 2 aliphatic heterocycles. The third-order valence-corrected chi connectivity index (χ3v) is 6.69. The Bertz CT molecular complexity index is 1470. The van der Waals surface area contributed by atoms with Gasteiger partial charge in [0, 0.05) is 18.3 Å². The van der Waals surface area contributed by atoms with Crippen LogP contribution in [0.1, 0.15) is 61.3 Å². The number of carbonyl (C=O) groups excluding carboxylic acids is 1. The van der Waals surface area contributed by atoms with Crippen LogP contribution in [0.15, 0.2) is 41.3 Å². The Kier molecular flexibility index (Phi) is 5.54. The van der Waals surface area contributed by atoms with Crippen molar-refractivity contribution < 1.29 is 23.8 Å². The van der Waals surface area contributed by atoms with Crippen molar-refractivity contribution in [2.75, 3.05) is 18.1 Å². The fourth-order valence-corrected chi connectivity index (χ4v) is 5.16. The van der Waals surface area contributed by atoms with Gasteiger partial charge in [0.2, 0.25) is 11.3 Å². The lowest BCUT2D eigenvalue weighted by molar-refractivity contribution is -0.124. The number of carboxylic acid groups (broad SMARTS) is 1. The summed E-state index contributed by atoms with van der Waals surface area (Å²) in [6.07, 6.45) is 1.88. The van der Waals surface area contributed by atoms with Gasteiger partial charge >= 0.3 is 5.97 Å². The van der Waals surface area contributed by atoms with Crippen LogP contribution in [0.3, 0.4) is 0 Å². The van der Waals surface area contributed by atoms with Crippen molar-refractivity contribution in [2.24, 2.45) is 0 Å². The van der Waals surface area contributed by atoms with E-state index in [2.05, 4.69) is 5.32 Å². The maximum atomic E-state index is 15.9. The average Bonchev–Trinajstić information content (AvgIpc) is 2.80. The number of pyridine rings is 1. The van der Waals surface area contributed by atoms with Crippen LogP contribution in [0.4, 0.5) is 10.1 Å². The third kappa shape index (κ3) is 3.79. The fraction of sp³-hybridized carbons (Fsp3) is 0.370. The van der Waals surface area contributed by atoms with Crippen molar-refractivity contribution in [1.29, 1.82) is 0 Å². The second-order valence-corrected chi connectivity index (χ2v) is 10.5. The molecule has 0 saturated heterocycles. The van der Waals surface area contributed by atoms with Crippen LogP contribution in [0, 0.1) is 5.82 Å². The quantitative estimate of drug-likeness (QED) is 0.576. The number of benzene rings is 2. The van der Waals surface area contributed by atoms with Crippen LogP contribution in [0.25, 0.3) is 10.9 Å². The SMILES string of the molecule is C[C@H]1COc2c(N3CCc4ccccc4C3C(=O)NC(C)(C)C)c(F)cc3c(=O)c(C(=O)O)cn1c23. The highest BCUT2D eigenvalue weighted by Crippen LogP contribution is 2.46. The summed E-state index contributed by atoms with van der Waals surface area (Å²) in [7, 11) is 0. The molecule has 36 heavy (non-hydrogen) atoms. The van der Waals surface area contributed by atoms with E-state index in [1.807, 2.05) is 52.0 Å². The number of aromatic nitrogens is 1. The van der Waals surface area contributed by atoms with E-state index in [4.69, 9.17) is 4.74 Å². The van der Waals surface area contributed by atoms with E-state index in [1.54, 1.807) is 9.47 Å². The lowest BCUT2D eigenvalue weighted by Gasteiger charge is -2.41. The predicted molar refractivity (Wildman–Crippen MR) is 133 cm³/mol. The van der Waals surface area contributed by atoms with Gasteiger partial charge in [0.1, 0.15) is 23.9 Å². The highest BCUT2D eigenvalue weighted by molar-refractivity contribution is 5.98. The summed E-state index contributed by atoms with van der Waals surface area (Å²) >= 11 is 0. The molecule has 0 bridgehead atoms. The molecule has 0 spiro atoms. The largest absolute Gasteiger partial charge is 0.487 e. The first-order valence-corrected chi connectivity index (χ1v) is 11.9. The summed E-state index contributed by atoms with van der Waals surface area (Å²) in [5.41, 5.74) is 0.497. The molecule has 188 valence electrons. The zero-order valence-corrected chi connectivity index (χ0v) is 20.6. The number of fused-ring (bicyclic) bond motifs is 1. The minimum absolute atomic E-state index is 0.0641. The van der Waals surface area contributed by atoms with E-state index < -0.39 is 34.4 Å². The first-order chi connectivity index (χ1) is 17.0. The van der Waals surface area contributed by atoms with Crippen molar-refractivity contribution in [2.45, 2.75) is 51.7 Å². The minimum atomic E-state index is -1.37. The number of nitrogens with one attached hydrogen (secondary N) is 1. The molecule has 1 unspecified atom stereocenters. The highest BCUT2D eigenvalue weighted by atomic mass is 19.1. The van der Waals surface area contributed by atoms with Gasteiger partial charge in [0.25, 0.3) is 0 Å². The van der Waals surface area contributed by atoms with Gasteiger partial charge in [0.15, 0.2) is 11.6 Å². The van der Waals surface area contributed by atoms with Crippen molar-refractivity contribution >= 4 is 28.5 Å². The molecule has 2 aromatic carbocycles. The summed E-state index contributed by atoms with van der Waals surface area (Å²) in [4.78, 5) is 40.0. The molecule has 0 saturated carbocycles. The van der Waals surface area contributed by atoms with Crippen LogP contribution in [-0.2, 0) is 11.2 Å². The van der Waals surface area contributed by atoms with E-state index in [1.165, 1.54) is 6.20 Å². The first kappa shape index (κ1) is 23.8. The van der Waals surface area contributed by atoms with Gasteiger partial charge < -0.3 is 24.6 Å². The van der Waals surface area contributed by atoms with E-state index >= 15 is 4.39 Å². The number of hydrogen-bond acceptors (Lipinski definition) is 5. The first-order valence-electron chi connectivity index (χ1n) is 11.9. The number of carboxylic acids is 1. The standard InChI is InChI=1S/C27H28FN3O5/c1-14-13-36-24-20-17(23(32)18(26(34)35)12-31(14)20)11-19(28)22(24)30-10-9-15-7-5-6-8-16(15)21(30)25(33)29-27(2,3)4/h5-8,11-12,14,21H,9-10,13H2,1-4H3,(H,29,33)(H,34,35)/t14-,21?/m0/s1. The molecule has 8 nitrogen and oxygen atoms in total. The Morgan fingerprint density at radius 1 is 1.22 bits per heavy atom. The van der Waals surface area contributed by atoms with Crippen LogP contribution >= 0.6 is 0 Å². The molecule has 3 heterocycles. The molecule has 0 aliphatic carbocycles. The van der Waals surface area contributed by atoms with E-state index in [9.17, 15) is 19.5 Å². The fourth-order valence-electron chi connectivity index (χ4n) is 5.16. The molecule has 0 fully saturated rings. The third-order valence-electron chi connectivity index (χ3n) is 6.69. The Morgan fingerprint density at radius 2 is 1.94 bits per heavy atom. The summed E-state index contributed by atoms with van der Waals surface area (Å²) in [6, 6.07) is 7.57. The number of nitrogens with zero attached hydrogens (tertiary/aromatic N) is 2. The lowest BCUT2D eigenvalue weighted by Crippen LogP contribution is -2.50. The summed E-state index contributed by atoms with van der Waals surface area (Å²) in [5.74, 6) is -2.25. The molecule has 5 rings (SSSR count). The zero-order chi connectivity index (χ0) is 25.9. The predicted octanol–water partition coefficient (Wildman–Crippen LogP) is 3.81. The number of hydrogen-bond donors (Lipinski definition) is 2. The molecule has 3 aromatic rings. The van der Waals surface area contributed by atoms with Crippen LogP contribution in [0.5, 0.6) is 5.75 Å². The Morgan fingerprint density at radius 3 is 2.64 bits per heavy atom. The number of anilines is 1. The summed E-state index contributed by atoms with van der Waals surface area (Å²) < 4.78 is 23.6. The molecule has 2 N–H and O–H groups in total. The second-order valence-electron chi connectivity index (χ2n) is 10.5. The molecular formula is C27H28FN3O5. The van der Waals surface area contributed by atoms with E-state index in [-0.39, 0.29) is 35.4 Å². The molecule has 2 atom stereocenters. The lowest BCUT2D eigenvalue weighted by atomic mass is 9.90. The van der Waals surface area contributed by atoms with Crippen molar-refractivity contribution in [1.82, 2.24) is 9.88 Å². The van der Waals surface area contributed by atoms with Crippen molar-refractivity contribution in [3.63, 3.8) is 0 Å². The summed E-state index contributed by atoms with van der Waals surface area (Å²) in [6.45, 7) is 7.99. The zero-order valence-electron chi connectivity index (χ0n) is 20.6. The van der Waals surface area contributed by atoms with Gasteiger partial charge in [-0.15, -0.1) is 0 Å². The number of ether oxygens (including phenoxy) is 1. The maximum Gasteiger partial charge on any atom is 0.341 e. The van der Waals surface area contributed by atoms with Gasteiger partial charge in [0.05, 0.1) is 16.9 Å². The van der Waals surface area contributed by atoms with Gasteiger partial charge in [-0.1, -0.05) is 24.3 Å². The number of halogens is 1. The van der Waals surface area contributed by atoms with Crippen LogP contribution in [-0.4, -0.2) is 40.2 Å². The molecular weight excluding hydrogens is 465 g/mol. The molecule has 1 aromatic heterocycles. The minimum Gasteiger partial charge on any atom is -0.487 e. The smallest absolute Gasteiger partial charge is 0.341 e. The Hall–Kier alpha value is -3.88. The molecule has 1 amide bonds. The van der Waals surface area contributed by atoms with Gasteiger partial charge in [-0.3, -0.25) is 9.59 Å². The second kappa shape index (κ2) is 8.36. The highest BCUT2D eigenvalue weighted by Gasteiger charge is 2.39. The molecule has 9 heteroatoms. The summed E-state index contributed by atoms with van der Waals surface area (Å²) in [5, 5.41) is 12.5. The number of amides is 1. The van der Waals surface area contributed by atoms with Gasteiger partial charge in [-0.25, -0.2) is 9.18 Å². The monoisotopic (exact) mass is 493 g/mol. The van der Waals surface area contributed by atoms with Gasteiger partial charge in [-0.2, -0.15) is 0 Å². The average molecular weight is 494 g/mol. The molecule has 2 aliphatic rings. The Balaban J connectivity index is 1.77. The topological polar surface area (TPSA) is 101 Å². The number of rotatable bonds is 3. The van der Waals surface area contributed by atoms with Gasteiger partial charge in [-0.05, 0) is 51.3 Å². The van der Waals surface area contributed by atoms with E-state index in [0.29, 0.717) is 18.5 Å². The molecule has 0 radical (unpaired) electrons. The van der Waals surface area contributed by atoms with Crippen molar-refractivity contribution in [3.8, 4) is 5.75 Å². The normalized spacial score (nSPS) is 19.0. The van der Waals surface area contributed by atoms with Crippen LogP contribution < -0.4 is 20.4 Å². The van der Waals surface area contributed by atoms with Crippen molar-refractivity contribution in [3.05, 3.63) is 69.3 Å². The number of aromatic carboxylic acids is 1. The number of carbonyl (C=O) groups is 2. The van der Waals surface area contributed by atoms with Crippen LogP contribution in [0.2, 0.25) is 0 Å². The van der Waals surface area contributed by atoms with E-state index in [0.717, 1.165) is 17.2 Å².